The van der Waals surface area contributed by atoms with Gasteiger partial charge in [0, 0.05) is 38.0 Å². The predicted molar refractivity (Wildman–Crippen MR) is 205 cm³/mol. The largest absolute Gasteiger partial charge is 0.454 e. The van der Waals surface area contributed by atoms with Crippen molar-refractivity contribution in [1.82, 2.24) is 9.13 Å². The number of hydrogen-bond donors (Lipinski definition) is 0. The Morgan fingerprint density at radius 3 is 1.76 bits per heavy atom. The van der Waals surface area contributed by atoms with Gasteiger partial charge in [0.2, 0.25) is 0 Å². The van der Waals surface area contributed by atoms with Crippen molar-refractivity contribution in [3.8, 4) is 22.5 Å². The van der Waals surface area contributed by atoms with E-state index in [9.17, 15) is 0 Å². The molecule has 0 fully saturated rings. The lowest BCUT2D eigenvalue weighted by Gasteiger charge is -2.10. The van der Waals surface area contributed by atoms with Crippen LogP contribution in [-0.4, -0.2) is 9.13 Å². The molecule has 0 amide bonds. The molecule has 0 radical (unpaired) electrons. The second-order valence-electron chi connectivity index (χ2n) is 13.0. The van der Waals surface area contributed by atoms with Crippen molar-refractivity contribution in [2.75, 3.05) is 0 Å². The molecule has 3 heterocycles. The zero-order valence-corrected chi connectivity index (χ0v) is 26.5. The fourth-order valence-corrected chi connectivity index (χ4v) is 8.06. The van der Waals surface area contributed by atoms with Gasteiger partial charge in [-0.25, -0.2) is 0 Å². The Labute approximate surface area is 281 Å². The predicted octanol–water partition coefficient (Wildman–Crippen LogP) is 12.6. The van der Waals surface area contributed by atoms with E-state index in [0.29, 0.717) is 0 Å². The van der Waals surface area contributed by atoms with E-state index in [1.54, 1.807) is 0 Å². The Kier molecular flexibility index (Phi) is 5.38. The monoisotopic (exact) mass is 624 g/mol. The van der Waals surface area contributed by atoms with Crippen molar-refractivity contribution in [2.24, 2.45) is 0 Å². The van der Waals surface area contributed by atoms with Crippen molar-refractivity contribution >= 4 is 76.3 Å². The molecule has 228 valence electrons. The van der Waals surface area contributed by atoms with Gasteiger partial charge in [0.25, 0.3) is 0 Å². The van der Waals surface area contributed by atoms with Gasteiger partial charge in [0.05, 0.1) is 27.8 Å². The summed E-state index contributed by atoms with van der Waals surface area (Å²) in [6, 6.07) is 61.3. The minimum absolute atomic E-state index is 0.906. The fraction of sp³-hybridized carbons (Fsp3) is 0. The molecule has 0 N–H and O–H groups in total. The van der Waals surface area contributed by atoms with Crippen LogP contribution < -0.4 is 0 Å². The van der Waals surface area contributed by atoms with Crippen LogP contribution in [-0.2, 0) is 0 Å². The van der Waals surface area contributed by atoms with E-state index in [0.717, 1.165) is 38.7 Å². The quantitative estimate of drug-likeness (QED) is 0.192. The van der Waals surface area contributed by atoms with Gasteiger partial charge in [-0.2, -0.15) is 0 Å². The molecule has 0 spiro atoms. The number of hydrogen-bond acceptors (Lipinski definition) is 1. The van der Waals surface area contributed by atoms with E-state index < -0.39 is 0 Å². The van der Waals surface area contributed by atoms with Gasteiger partial charge >= 0.3 is 0 Å². The van der Waals surface area contributed by atoms with E-state index in [4.69, 9.17) is 4.42 Å². The summed E-state index contributed by atoms with van der Waals surface area (Å²) in [4.78, 5) is 0. The van der Waals surface area contributed by atoms with E-state index in [1.165, 1.54) is 60.2 Å². The molecule has 0 aliphatic carbocycles. The van der Waals surface area contributed by atoms with E-state index in [2.05, 4.69) is 167 Å². The zero-order chi connectivity index (χ0) is 32.1. The van der Waals surface area contributed by atoms with Crippen LogP contribution >= 0.6 is 0 Å². The summed E-state index contributed by atoms with van der Waals surface area (Å²) in [7, 11) is 0. The highest BCUT2D eigenvalue weighted by atomic mass is 16.3. The van der Waals surface area contributed by atoms with Crippen LogP contribution in [0.25, 0.3) is 98.8 Å². The van der Waals surface area contributed by atoms with Crippen molar-refractivity contribution in [3.63, 3.8) is 0 Å². The Balaban J connectivity index is 1.15. The van der Waals surface area contributed by atoms with Crippen LogP contribution in [0.2, 0.25) is 0 Å². The highest BCUT2D eigenvalue weighted by molar-refractivity contribution is 6.16. The van der Waals surface area contributed by atoms with Gasteiger partial charge in [0.15, 0.2) is 5.58 Å². The molecule has 3 nitrogen and oxygen atoms in total. The van der Waals surface area contributed by atoms with E-state index in [-0.39, 0.29) is 0 Å². The minimum atomic E-state index is 0.906. The first-order chi connectivity index (χ1) is 24.3. The summed E-state index contributed by atoms with van der Waals surface area (Å²) in [5, 5.41) is 9.72. The Morgan fingerprint density at radius 2 is 0.939 bits per heavy atom. The lowest BCUT2D eigenvalue weighted by molar-refractivity contribution is 0.666. The minimum Gasteiger partial charge on any atom is -0.454 e. The number of benzene rings is 8. The maximum atomic E-state index is 6.51. The fourth-order valence-electron chi connectivity index (χ4n) is 8.06. The third-order valence-electron chi connectivity index (χ3n) is 10.3. The van der Waals surface area contributed by atoms with Crippen LogP contribution in [0.15, 0.2) is 174 Å². The first-order valence-corrected chi connectivity index (χ1v) is 16.8. The smallest absolute Gasteiger partial charge is 0.159 e. The van der Waals surface area contributed by atoms with Crippen LogP contribution in [0.1, 0.15) is 0 Å². The molecule has 3 heteroatoms. The number of fused-ring (bicyclic) bond motifs is 10. The number of nitrogens with zero attached hydrogens (tertiary/aromatic N) is 2. The van der Waals surface area contributed by atoms with Crippen LogP contribution in [0.5, 0.6) is 0 Å². The summed E-state index contributed by atoms with van der Waals surface area (Å²) in [6.07, 6.45) is 0. The second kappa shape index (κ2) is 9.96. The molecule has 0 saturated heterocycles. The molecule has 0 atom stereocenters. The average Bonchev–Trinajstić information content (AvgIpc) is 3.81. The number of para-hydroxylation sites is 4. The first kappa shape index (κ1) is 26.5. The van der Waals surface area contributed by atoms with Gasteiger partial charge in [-0.15, -0.1) is 0 Å². The van der Waals surface area contributed by atoms with Crippen LogP contribution in [0.4, 0.5) is 0 Å². The normalized spacial score (nSPS) is 12.1. The maximum absolute atomic E-state index is 6.51. The van der Waals surface area contributed by atoms with Crippen molar-refractivity contribution in [1.29, 1.82) is 0 Å². The third-order valence-corrected chi connectivity index (χ3v) is 10.3. The Bertz CT molecular complexity index is 3100. The van der Waals surface area contributed by atoms with Gasteiger partial charge < -0.3 is 13.6 Å². The highest BCUT2D eigenvalue weighted by Crippen LogP contribution is 2.41. The number of rotatable bonds is 3. The topological polar surface area (TPSA) is 23.0 Å². The molecule has 0 aliphatic heterocycles. The summed E-state index contributed by atoms with van der Waals surface area (Å²) < 4.78 is 11.3. The average molecular weight is 625 g/mol. The van der Waals surface area contributed by atoms with Crippen molar-refractivity contribution in [2.45, 2.75) is 0 Å². The highest BCUT2D eigenvalue weighted by Gasteiger charge is 2.19. The molecule has 11 rings (SSSR count). The summed E-state index contributed by atoms with van der Waals surface area (Å²) in [5.41, 5.74) is 11.2. The zero-order valence-electron chi connectivity index (χ0n) is 26.5. The number of furan rings is 1. The molecule has 11 aromatic rings. The summed E-state index contributed by atoms with van der Waals surface area (Å²) in [5.74, 6) is 0. The standard InChI is InChI=1S/C46H28N2O/c1-2-13-33(14-3-1)47-41-23-21-32(27-38(41)39-25-29-11-4-5-12-30(29)28-44(39)47)31-22-24-42-37(26-31)34-15-6-8-18-40(34)48(42)43-19-10-17-36-35-16-7-9-20-45(35)49-46(36)43/h1-28H. The molecule has 8 aromatic carbocycles. The molecule has 49 heavy (non-hydrogen) atoms. The molecular formula is C46H28N2O. The molecule has 0 unspecified atom stereocenters. The van der Waals surface area contributed by atoms with Gasteiger partial charge in [0.1, 0.15) is 5.58 Å². The molecule has 0 aliphatic rings. The first-order valence-electron chi connectivity index (χ1n) is 16.8. The molecule has 0 bridgehead atoms. The lowest BCUT2D eigenvalue weighted by atomic mass is 10.00. The Morgan fingerprint density at radius 1 is 0.347 bits per heavy atom. The van der Waals surface area contributed by atoms with Gasteiger partial charge in [-0.05, 0) is 88.6 Å². The van der Waals surface area contributed by atoms with Crippen molar-refractivity contribution < 1.29 is 4.42 Å². The summed E-state index contributed by atoms with van der Waals surface area (Å²) >= 11 is 0. The van der Waals surface area contributed by atoms with Gasteiger partial charge in [-0.3, -0.25) is 0 Å². The molecule has 0 saturated carbocycles. The lowest BCUT2D eigenvalue weighted by Crippen LogP contribution is -1.94. The van der Waals surface area contributed by atoms with Crippen LogP contribution in [0.3, 0.4) is 0 Å². The van der Waals surface area contributed by atoms with E-state index >= 15 is 0 Å². The van der Waals surface area contributed by atoms with Gasteiger partial charge in [-0.1, -0.05) is 103 Å². The van der Waals surface area contributed by atoms with Crippen molar-refractivity contribution in [3.05, 3.63) is 170 Å². The molecule has 3 aromatic heterocycles. The summed E-state index contributed by atoms with van der Waals surface area (Å²) in [6.45, 7) is 0. The Hall–Kier alpha value is -6.58. The number of aromatic nitrogens is 2. The molecular weight excluding hydrogens is 597 g/mol. The second-order valence-corrected chi connectivity index (χ2v) is 13.0. The SMILES string of the molecule is c1ccc(-n2c3ccc(-c4ccc5c(c4)c4ccccc4n5-c4cccc5c4oc4ccccc45)cc3c3cc4ccccc4cc32)cc1. The maximum Gasteiger partial charge on any atom is 0.159 e. The van der Waals surface area contributed by atoms with Crippen LogP contribution in [0, 0.1) is 0 Å². The third kappa shape index (κ3) is 3.78. The van der Waals surface area contributed by atoms with E-state index in [1.807, 2.05) is 12.1 Å².